The van der Waals surface area contributed by atoms with E-state index in [-0.39, 0.29) is 58.1 Å². The topological polar surface area (TPSA) is 104 Å². The zero-order valence-corrected chi connectivity index (χ0v) is 37.6. The molecule has 0 N–H and O–H groups in total. The second-order valence-electron chi connectivity index (χ2n) is 14.7. The molecule has 0 amide bonds. The summed E-state index contributed by atoms with van der Waals surface area (Å²) < 4.78 is 32.8. The number of rotatable bonds is 10. The fourth-order valence-electron chi connectivity index (χ4n) is 7.09. The van der Waals surface area contributed by atoms with Gasteiger partial charge in [-0.25, -0.2) is 4.98 Å². The molecule has 0 spiro atoms. The van der Waals surface area contributed by atoms with Crippen molar-refractivity contribution in [2.45, 2.75) is 58.8 Å². The van der Waals surface area contributed by atoms with Gasteiger partial charge in [-0.05, 0) is 29.4 Å². The standard InChI is InChI=1S/C46H40N6O2P2.2Pd/c1-30(2)43-29-49-46(51-50-43)52-44-27-37(55(53,31(3)4)35-15-11-13-33(25-35)41-17-7-9-23-47-41)19-21-39(44)40-22-20-38(28-45(40)52)56(54,32(5)6)36-16-12-14-34(26-36)42-18-8-10-24-48-42;;/h7-24,29-32H,1-6H3;;/q-4;2*+2. The Bertz CT molecular complexity index is 2650. The Morgan fingerprint density at radius 3 is 1.36 bits per heavy atom. The molecule has 2 atom stereocenters. The Hall–Kier alpha value is -4.23. The molecule has 8 aromatic rings. The van der Waals surface area contributed by atoms with Crippen molar-refractivity contribution in [3.8, 4) is 28.5 Å². The minimum Gasteiger partial charge on any atom is -0.327 e. The first-order valence-corrected chi connectivity index (χ1v) is 22.3. The predicted molar refractivity (Wildman–Crippen MR) is 227 cm³/mol. The van der Waals surface area contributed by atoms with Crippen LogP contribution in [0.4, 0.5) is 0 Å². The molecule has 4 aromatic heterocycles. The molecular weight excluding hydrogens is 943 g/mol. The molecule has 0 saturated heterocycles. The van der Waals surface area contributed by atoms with Crippen LogP contribution in [0.25, 0.3) is 50.3 Å². The van der Waals surface area contributed by atoms with E-state index in [1.807, 2.05) is 143 Å². The van der Waals surface area contributed by atoms with E-state index in [1.165, 1.54) is 0 Å². The van der Waals surface area contributed by atoms with Crippen LogP contribution in [-0.2, 0) is 50.0 Å². The molecule has 0 bridgehead atoms. The van der Waals surface area contributed by atoms with Crippen molar-refractivity contribution in [3.63, 3.8) is 0 Å². The van der Waals surface area contributed by atoms with Gasteiger partial charge >= 0.3 is 40.8 Å². The molecule has 296 valence electrons. The molecule has 0 radical (unpaired) electrons. The predicted octanol–water partition coefficient (Wildman–Crippen LogP) is 8.86. The Morgan fingerprint density at radius 1 is 0.517 bits per heavy atom. The third-order valence-corrected chi connectivity index (χ3v) is 17.1. The largest absolute Gasteiger partial charge is 2.00 e. The maximum atomic E-state index is 15.5. The van der Waals surface area contributed by atoms with Crippen molar-refractivity contribution in [1.82, 2.24) is 29.7 Å². The summed E-state index contributed by atoms with van der Waals surface area (Å²) in [6.45, 7) is 12.0. The zero-order valence-electron chi connectivity index (χ0n) is 32.7. The van der Waals surface area contributed by atoms with Crippen molar-refractivity contribution in [1.29, 1.82) is 0 Å². The van der Waals surface area contributed by atoms with Crippen molar-refractivity contribution in [2.24, 2.45) is 0 Å². The van der Waals surface area contributed by atoms with Gasteiger partial charge in [0.15, 0.2) is 0 Å². The van der Waals surface area contributed by atoms with Crippen molar-refractivity contribution < 1.29 is 50.0 Å². The van der Waals surface area contributed by atoms with Crippen LogP contribution in [0.1, 0.15) is 53.2 Å². The molecule has 4 heterocycles. The Kier molecular flexibility index (Phi) is 13.1. The molecule has 58 heavy (non-hydrogen) atoms. The van der Waals surface area contributed by atoms with E-state index in [1.54, 1.807) is 18.6 Å². The fraction of sp³-hybridized carbons (Fsp3) is 0.196. The second kappa shape index (κ2) is 17.6. The molecule has 0 fully saturated rings. The molecular formula is C46H40N6O2P2Pd2. The van der Waals surface area contributed by atoms with Gasteiger partial charge < -0.3 is 23.7 Å². The summed E-state index contributed by atoms with van der Waals surface area (Å²) in [5, 5.41) is 13.1. The van der Waals surface area contributed by atoms with Crippen molar-refractivity contribution in [3.05, 3.63) is 146 Å². The molecule has 0 aliphatic carbocycles. The van der Waals surface area contributed by atoms with Gasteiger partial charge in [0.05, 0.1) is 11.9 Å². The number of aromatic nitrogens is 6. The summed E-state index contributed by atoms with van der Waals surface area (Å²) in [7, 11) is -6.63. The Morgan fingerprint density at radius 2 is 0.983 bits per heavy atom. The first-order chi connectivity index (χ1) is 27.0. The molecule has 8 rings (SSSR count). The van der Waals surface area contributed by atoms with Gasteiger partial charge in [0, 0.05) is 23.7 Å². The minimum atomic E-state index is -3.32. The van der Waals surface area contributed by atoms with E-state index in [2.05, 4.69) is 44.4 Å². The van der Waals surface area contributed by atoms with E-state index < -0.39 is 14.3 Å². The first-order valence-electron chi connectivity index (χ1n) is 18.7. The summed E-state index contributed by atoms with van der Waals surface area (Å²) in [5.41, 5.74) is 4.51. The summed E-state index contributed by atoms with van der Waals surface area (Å²) in [5.74, 6) is 0.436. The summed E-state index contributed by atoms with van der Waals surface area (Å²) in [4.78, 5) is 13.8. The van der Waals surface area contributed by atoms with Crippen LogP contribution in [-0.4, -0.2) is 41.0 Å². The maximum absolute atomic E-state index is 15.5. The molecule has 0 aliphatic heterocycles. The number of fused-ring (bicyclic) bond motifs is 3. The van der Waals surface area contributed by atoms with Gasteiger partial charge in [-0.15, -0.1) is 82.0 Å². The molecule has 8 nitrogen and oxygen atoms in total. The van der Waals surface area contributed by atoms with Crippen molar-refractivity contribution in [2.75, 3.05) is 0 Å². The number of nitrogens with zero attached hydrogens (tertiary/aromatic N) is 6. The zero-order chi connectivity index (χ0) is 39.2. The molecule has 4 aromatic carbocycles. The van der Waals surface area contributed by atoms with Crippen LogP contribution in [0.5, 0.6) is 0 Å². The van der Waals surface area contributed by atoms with Crippen LogP contribution in [0.15, 0.2) is 116 Å². The maximum Gasteiger partial charge on any atom is 2.00 e. The quantitative estimate of drug-likeness (QED) is 0.0767. The van der Waals surface area contributed by atoms with Crippen LogP contribution in [0.3, 0.4) is 0 Å². The summed E-state index contributed by atoms with van der Waals surface area (Å²) in [6, 6.07) is 44.7. The third kappa shape index (κ3) is 7.69. The van der Waals surface area contributed by atoms with Gasteiger partial charge in [-0.2, -0.15) is 35.0 Å². The van der Waals surface area contributed by atoms with Crippen LogP contribution >= 0.6 is 14.3 Å². The number of hydrogen-bond donors (Lipinski definition) is 0. The fourth-order valence-corrected chi connectivity index (χ4v) is 12.2. The normalized spacial score (nSPS) is 13.6. The van der Waals surface area contributed by atoms with Gasteiger partial charge in [-0.1, -0.05) is 98.1 Å². The number of benzene rings is 4. The second-order valence-corrected chi connectivity index (χ2v) is 21.3. The van der Waals surface area contributed by atoms with Gasteiger partial charge in [0.1, 0.15) is 14.3 Å². The Balaban J connectivity index is 0.00000283. The Labute approximate surface area is 367 Å². The SMILES string of the molecule is CC(C)c1cnc(-n2c3[c-]c(P(=O)(c4[c-]c(-c5ccccn5)ccc4)C(C)C)ccc3c3ccc(P(=O)(c4[c-]c(-c5ccccn5)ccc4)C(C)C)[c-]c32)nn1.[Pd+2].[Pd+2]. The number of hydrogen-bond acceptors (Lipinski definition) is 7. The van der Waals surface area contributed by atoms with Crippen LogP contribution in [0.2, 0.25) is 0 Å². The van der Waals surface area contributed by atoms with Crippen LogP contribution in [0, 0.1) is 24.3 Å². The van der Waals surface area contributed by atoms with E-state index in [0.29, 0.717) is 38.2 Å². The van der Waals surface area contributed by atoms with Gasteiger partial charge in [0.2, 0.25) is 0 Å². The molecule has 12 heteroatoms. The van der Waals surface area contributed by atoms with E-state index in [9.17, 15) is 0 Å². The van der Waals surface area contributed by atoms with Gasteiger partial charge in [0.25, 0.3) is 5.95 Å². The van der Waals surface area contributed by atoms with E-state index in [0.717, 1.165) is 39.0 Å². The summed E-state index contributed by atoms with van der Waals surface area (Å²) >= 11 is 0. The smallest absolute Gasteiger partial charge is 0.327 e. The van der Waals surface area contributed by atoms with E-state index >= 15 is 9.13 Å². The monoisotopic (exact) mass is 982 g/mol. The molecule has 2 unspecified atom stereocenters. The number of pyridine rings is 2. The van der Waals surface area contributed by atoms with Gasteiger partial charge in [-0.3, -0.25) is 0 Å². The minimum absolute atomic E-state index is 0. The third-order valence-electron chi connectivity index (χ3n) is 10.2. The van der Waals surface area contributed by atoms with E-state index in [4.69, 9.17) is 4.98 Å². The average Bonchev–Trinajstić information content (AvgIpc) is 3.56. The van der Waals surface area contributed by atoms with Crippen molar-refractivity contribution >= 4 is 57.3 Å². The first kappa shape index (κ1) is 43.4. The summed E-state index contributed by atoms with van der Waals surface area (Å²) in [6.07, 6.45) is 5.21. The molecule has 0 aliphatic rings. The average molecular weight is 984 g/mol. The van der Waals surface area contributed by atoms with Crippen LogP contribution < -0.4 is 21.2 Å². The molecule has 0 saturated carbocycles.